The highest BCUT2D eigenvalue weighted by atomic mass is 32.2. The quantitative estimate of drug-likeness (QED) is 0.859. The van der Waals surface area contributed by atoms with Crippen LogP contribution in [0.2, 0.25) is 0 Å². The van der Waals surface area contributed by atoms with Crippen LogP contribution in [0.5, 0.6) is 0 Å². The maximum Gasteiger partial charge on any atom is 0.416 e. The molecule has 0 aliphatic carbocycles. The molecule has 0 spiro atoms. The van der Waals surface area contributed by atoms with Crippen LogP contribution < -0.4 is 4.72 Å². The van der Waals surface area contributed by atoms with Gasteiger partial charge in [-0.15, -0.1) is 0 Å². The zero-order chi connectivity index (χ0) is 17.3. The third kappa shape index (κ3) is 4.29. The molecule has 0 aliphatic rings. The Morgan fingerprint density at radius 1 is 1.04 bits per heavy atom. The molecule has 2 aromatic carbocycles. The molecule has 0 aromatic heterocycles. The van der Waals surface area contributed by atoms with Crippen LogP contribution in [0.15, 0.2) is 47.4 Å². The molecule has 124 valence electrons. The second kappa shape index (κ2) is 6.29. The van der Waals surface area contributed by atoms with Gasteiger partial charge < -0.3 is 0 Å². The largest absolute Gasteiger partial charge is 0.416 e. The zero-order valence-electron chi connectivity index (χ0n) is 12.0. The lowest BCUT2D eigenvalue weighted by atomic mass is 10.1. The van der Waals surface area contributed by atoms with Gasteiger partial charge >= 0.3 is 6.18 Å². The number of hydrogen-bond donors (Lipinski definition) is 1. The van der Waals surface area contributed by atoms with Crippen molar-refractivity contribution in [2.45, 2.75) is 24.5 Å². The van der Waals surface area contributed by atoms with Crippen LogP contribution in [-0.4, -0.2) is 8.42 Å². The Morgan fingerprint density at radius 3 is 2.22 bits per heavy atom. The second-order valence-electron chi connectivity index (χ2n) is 4.95. The number of sulfonamides is 1. The molecule has 23 heavy (non-hydrogen) atoms. The molecule has 0 atom stereocenters. The van der Waals surface area contributed by atoms with Gasteiger partial charge in [0, 0.05) is 6.54 Å². The summed E-state index contributed by atoms with van der Waals surface area (Å²) in [6.07, 6.45) is -4.46. The van der Waals surface area contributed by atoms with Crippen molar-refractivity contribution in [2.24, 2.45) is 0 Å². The number of aryl methyl sites for hydroxylation is 1. The molecule has 3 nitrogen and oxygen atoms in total. The predicted molar refractivity (Wildman–Crippen MR) is 76.6 cm³/mol. The van der Waals surface area contributed by atoms with Crippen molar-refractivity contribution in [2.75, 3.05) is 0 Å². The van der Waals surface area contributed by atoms with Gasteiger partial charge in [0.25, 0.3) is 0 Å². The SMILES string of the molecule is Cc1ccc(F)c(S(=O)(=O)NCc2ccc(C(F)(F)F)cc2)c1. The van der Waals surface area contributed by atoms with E-state index in [1.54, 1.807) is 6.92 Å². The van der Waals surface area contributed by atoms with Gasteiger partial charge in [-0.25, -0.2) is 17.5 Å². The van der Waals surface area contributed by atoms with Crippen LogP contribution in [0.25, 0.3) is 0 Å². The van der Waals surface area contributed by atoms with Crippen LogP contribution >= 0.6 is 0 Å². The van der Waals surface area contributed by atoms with E-state index in [0.29, 0.717) is 11.1 Å². The highest BCUT2D eigenvalue weighted by Gasteiger charge is 2.30. The number of benzene rings is 2. The fourth-order valence-corrected chi connectivity index (χ4v) is 3.06. The Labute approximate surface area is 131 Å². The molecule has 0 fully saturated rings. The normalized spacial score (nSPS) is 12.4. The van der Waals surface area contributed by atoms with Crippen molar-refractivity contribution >= 4 is 10.0 Å². The third-order valence-electron chi connectivity index (χ3n) is 3.12. The smallest absolute Gasteiger partial charge is 0.207 e. The maximum atomic E-state index is 13.6. The van der Waals surface area contributed by atoms with Gasteiger partial charge in [-0.3, -0.25) is 0 Å². The summed E-state index contributed by atoms with van der Waals surface area (Å²) >= 11 is 0. The number of halogens is 4. The minimum Gasteiger partial charge on any atom is -0.207 e. The van der Waals surface area contributed by atoms with Crippen molar-refractivity contribution in [3.05, 3.63) is 65.0 Å². The first-order valence-electron chi connectivity index (χ1n) is 6.51. The minimum atomic E-state index is -4.46. The van der Waals surface area contributed by atoms with E-state index in [1.807, 2.05) is 0 Å². The van der Waals surface area contributed by atoms with Gasteiger partial charge in [-0.1, -0.05) is 18.2 Å². The fraction of sp³-hybridized carbons (Fsp3) is 0.200. The summed E-state index contributed by atoms with van der Waals surface area (Å²) < 4.78 is 77.3. The lowest BCUT2D eigenvalue weighted by Crippen LogP contribution is -2.24. The Balaban J connectivity index is 2.15. The van der Waals surface area contributed by atoms with Crippen LogP contribution in [0, 0.1) is 12.7 Å². The van der Waals surface area contributed by atoms with Crippen molar-refractivity contribution in [3.63, 3.8) is 0 Å². The van der Waals surface area contributed by atoms with Gasteiger partial charge in [-0.2, -0.15) is 13.2 Å². The summed E-state index contributed by atoms with van der Waals surface area (Å²) in [6.45, 7) is 1.38. The summed E-state index contributed by atoms with van der Waals surface area (Å²) in [6, 6.07) is 7.71. The van der Waals surface area contributed by atoms with Crippen molar-refractivity contribution in [3.8, 4) is 0 Å². The lowest BCUT2D eigenvalue weighted by molar-refractivity contribution is -0.137. The number of alkyl halides is 3. The van der Waals surface area contributed by atoms with E-state index in [0.717, 1.165) is 30.3 Å². The molecule has 0 radical (unpaired) electrons. The van der Waals surface area contributed by atoms with Crippen LogP contribution in [0.3, 0.4) is 0 Å². The molecule has 0 saturated heterocycles. The Bertz CT molecular complexity index is 799. The summed E-state index contributed by atoms with van der Waals surface area (Å²) in [5.74, 6) is -0.893. The van der Waals surface area contributed by atoms with E-state index in [4.69, 9.17) is 0 Å². The Kier molecular flexibility index (Phi) is 4.76. The van der Waals surface area contributed by atoms with E-state index in [9.17, 15) is 26.0 Å². The average Bonchev–Trinajstić information content (AvgIpc) is 2.47. The third-order valence-corrected chi connectivity index (χ3v) is 4.54. The summed E-state index contributed by atoms with van der Waals surface area (Å²) in [5.41, 5.74) is 0.0739. The van der Waals surface area contributed by atoms with Gasteiger partial charge in [-0.05, 0) is 42.3 Å². The number of nitrogens with one attached hydrogen (secondary N) is 1. The summed E-state index contributed by atoms with van der Waals surface area (Å²) in [5, 5.41) is 0. The monoisotopic (exact) mass is 347 g/mol. The molecule has 1 N–H and O–H groups in total. The molecule has 2 rings (SSSR count). The van der Waals surface area contributed by atoms with E-state index < -0.39 is 32.5 Å². The zero-order valence-corrected chi connectivity index (χ0v) is 12.8. The number of rotatable bonds is 4. The van der Waals surface area contributed by atoms with Crippen molar-refractivity contribution in [1.82, 2.24) is 4.72 Å². The summed E-state index contributed by atoms with van der Waals surface area (Å²) in [7, 11) is -4.10. The van der Waals surface area contributed by atoms with Gasteiger partial charge in [0.2, 0.25) is 10.0 Å². The van der Waals surface area contributed by atoms with Gasteiger partial charge in [0.05, 0.1) is 5.56 Å². The molecule has 0 amide bonds. The molecule has 8 heteroatoms. The Hall–Kier alpha value is -1.93. The van der Waals surface area contributed by atoms with Crippen molar-refractivity contribution in [1.29, 1.82) is 0 Å². The second-order valence-corrected chi connectivity index (χ2v) is 6.69. The highest BCUT2D eigenvalue weighted by Crippen LogP contribution is 2.29. The van der Waals surface area contributed by atoms with Gasteiger partial charge in [0.15, 0.2) is 0 Å². The molecule has 0 bridgehead atoms. The minimum absolute atomic E-state index is 0.242. The molecule has 0 aliphatic heterocycles. The van der Waals surface area contributed by atoms with Crippen LogP contribution in [0.1, 0.15) is 16.7 Å². The summed E-state index contributed by atoms with van der Waals surface area (Å²) in [4.78, 5) is -0.496. The number of hydrogen-bond acceptors (Lipinski definition) is 2. The molecule has 0 heterocycles. The van der Waals surface area contributed by atoms with E-state index in [-0.39, 0.29) is 6.54 Å². The first-order chi connectivity index (χ1) is 10.6. The van der Waals surface area contributed by atoms with Crippen LogP contribution in [-0.2, 0) is 22.7 Å². The van der Waals surface area contributed by atoms with E-state index >= 15 is 0 Å². The van der Waals surface area contributed by atoms with E-state index in [1.165, 1.54) is 12.1 Å². The van der Waals surface area contributed by atoms with E-state index in [2.05, 4.69) is 4.72 Å². The fourth-order valence-electron chi connectivity index (χ4n) is 1.88. The highest BCUT2D eigenvalue weighted by molar-refractivity contribution is 7.89. The topological polar surface area (TPSA) is 46.2 Å². The maximum absolute atomic E-state index is 13.6. The molecule has 2 aromatic rings. The Morgan fingerprint density at radius 2 is 1.65 bits per heavy atom. The first kappa shape index (κ1) is 17.4. The average molecular weight is 347 g/mol. The van der Waals surface area contributed by atoms with Crippen molar-refractivity contribution < 1.29 is 26.0 Å². The molecule has 0 saturated carbocycles. The standard InChI is InChI=1S/C15H13F4NO2S/c1-10-2-7-13(16)14(8-10)23(21,22)20-9-11-3-5-12(6-4-11)15(17,18)19/h2-8,20H,9H2,1H3. The molecular weight excluding hydrogens is 334 g/mol. The predicted octanol–water partition coefficient (Wildman–Crippen LogP) is 3.63. The molecule has 0 unspecified atom stereocenters. The van der Waals surface area contributed by atoms with Gasteiger partial charge in [0.1, 0.15) is 10.7 Å². The molecular formula is C15H13F4NO2S. The first-order valence-corrected chi connectivity index (χ1v) is 8.00. The van der Waals surface area contributed by atoms with Crippen LogP contribution in [0.4, 0.5) is 17.6 Å². The lowest BCUT2D eigenvalue weighted by Gasteiger charge is -2.10.